The molecule has 0 saturated heterocycles. The molecule has 0 amide bonds. The monoisotopic (exact) mass is 304 g/mol. The first-order chi connectivity index (χ1) is 8.25. The molecule has 0 bridgehead atoms. The van der Waals surface area contributed by atoms with Gasteiger partial charge in [0, 0.05) is 47.5 Å². The standard InChI is InChI=1S/C10H12O8.2Mg/c11-7(12)3-1-4(8(13)14)6(10(17)18)2-5(3)9(15)16;;/h3-6H,1-2H2,(H,11,12)(H,13,14)(H,15,16)(H,17,18);;/q;2*+2/p-4. The summed E-state index contributed by atoms with van der Waals surface area (Å²) in [5.74, 6) is -13.5. The minimum absolute atomic E-state index is 0. The number of hydrogen-bond donors (Lipinski definition) is 0. The van der Waals surface area contributed by atoms with Crippen molar-refractivity contribution in [2.45, 2.75) is 12.8 Å². The van der Waals surface area contributed by atoms with Crippen LogP contribution in [0.3, 0.4) is 0 Å². The first-order valence-electron chi connectivity index (χ1n) is 5.09. The van der Waals surface area contributed by atoms with E-state index in [1.54, 1.807) is 0 Å². The molecule has 100 valence electrons. The molecule has 0 aromatic carbocycles. The van der Waals surface area contributed by atoms with Crippen LogP contribution in [0, 0.1) is 23.7 Å². The van der Waals surface area contributed by atoms with Crippen molar-refractivity contribution >= 4 is 70.0 Å². The molecule has 1 saturated carbocycles. The maximum Gasteiger partial charge on any atom is 2.00 e. The van der Waals surface area contributed by atoms with E-state index in [1.165, 1.54) is 0 Å². The Morgan fingerprint density at radius 2 is 0.700 bits per heavy atom. The fourth-order valence-electron chi connectivity index (χ4n) is 2.25. The topological polar surface area (TPSA) is 161 Å². The van der Waals surface area contributed by atoms with E-state index in [-0.39, 0.29) is 46.1 Å². The van der Waals surface area contributed by atoms with E-state index in [0.717, 1.165) is 0 Å². The van der Waals surface area contributed by atoms with Crippen molar-refractivity contribution in [3.05, 3.63) is 0 Å². The second kappa shape index (κ2) is 8.64. The van der Waals surface area contributed by atoms with Crippen molar-refractivity contribution in [3.63, 3.8) is 0 Å². The number of carboxylic acid groups (broad SMARTS) is 4. The Labute approximate surface area is 145 Å². The van der Waals surface area contributed by atoms with E-state index in [9.17, 15) is 39.6 Å². The zero-order valence-corrected chi connectivity index (χ0v) is 13.2. The van der Waals surface area contributed by atoms with E-state index >= 15 is 0 Å². The molecule has 1 fully saturated rings. The number of rotatable bonds is 4. The van der Waals surface area contributed by atoms with Crippen molar-refractivity contribution in [1.29, 1.82) is 0 Å². The molecule has 10 heteroatoms. The van der Waals surface area contributed by atoms with Gasteiger partial charge in [-0.2, -0.15) is 0 Å². The van der Waals surface area contributed by atoms with E-state index in [0.29, 0.717) is 0 Å². The van der Waals surface area contributed by atoms with Gasteiger partial charge in [-0.15, -0.1) is 0 Å². The summed E-state index contributed by atoms with van der Waals surface area (Å²) in [7, 11) is 0. The van der Waals surface area contributed by atoms with Gasteiger partial charge in [-0.05, 0) is 12.8 Å². The van der Waals surface area contributed by atoms with E-state index in [2.05, 4.69) is 0 Å². The van der Waals surface area contributed by atoms with Crippen LogP contribution < -0.4 is 20.4 Å². The van der Waals surface area contributed by atoms with E-state index in [1.807, 2.05) is 0 Å². The van der Waals surface area contributed by atoms with Crippen molar-refractivity contribution in [1.82, 2.24) is 0 Å². The van der Waals surface area contributed by atoms with Crippen LogP contribution in [0.25, 0.3) is 0 Å². The fraction of sp³-hybridized carbons (Fsp3) is 0.600. The van der Waals surface area contributed by atoms with Crippen molar-refractivity contribution < 1.29 is 39.6 Å². The van der Waals surface area contributed by atoms with Gasteiger partial charge in [-0.1, -0.05) is 0 Å². The van der Waals surface area contributed by atoms with Gasteiger partial charge in [0.25, 0.3) is 0 Å². The first kappa shape index (κ1) is 21.7. The Kier molecular flexibility index (Phi) is 9.38. The second-order valence-corrected chi connectivity index (χ2v) is 4.17. The molecule has 4 atom stereocenters. The zero-order valence-electron chi connectivity index (χ0n) is 10.4. The molecule has 0 aromatic rings. The summed E-state index contributed by atoms with van der Waals surface area (Å²) >= 11 is 0. The summed E-state index contributed by atoms with van der Waals surface area (Å²) in [6.07, 6.45) is -1.38. The van der Waals surface area contributed by atoms with Crippen molar-refractivity contribution in [3.8, 4) is 0 Å². The predicted octanol–water partition coefficient (Wildman–Crippen LogP) is -6.52. The second-order valence-electron chi connectivity index (χ2n) is 4.17. The summed E-state index contributed by atoms with van der Waals surface area (Å²) < 4.78 is 0. The van der Waals surface area contributed by atoms with Gasteiger partial charge in [-0.25, -0.2) is 0 Å². The van der Waals surface area contributed by atoms with Crippen molar-refractivity contribution in [2.75, 3.05) is 0 Å². The average Bonchev–Trinajstić information content (AvgIpc) is 2.26. The third-order valence-corrected chi connectivity index (χ3v) is 3.20. The Hall–Kier alpha value is -0.588. The van der Waals surface area contributed by atoms with Gasteiger partial charge >= 0.3 is 46.1 Å². The van der Waals surface area contributed by atoms with Gasteiger partial charge < -0.3 is 39.6 Å². The molecule has 0 aliphatic heterocycles. The minimum atomic E-state index is -1.76. The normalized spacial score (nSPS) is 28.4. The molecule has 0 N–H and O–H groups in total. The molecule has 0 aromatic heterocycles. The van der Waals surface area contributed by atoms with Gasteiger partial charge in [0.1, 0.15) is 0 Å². The molecule has 20 heavy (non-hydrogen) atoms. The summed E-state index contributed by atoms with van der Waals surface area (Å²) in [5.41, 5.74) is 0. The van der Waals surface area contributed by atoms with Crippen LogP contribution in [0.5, 0.6) is 0 Å². The van der Waals surface area contributed by atoms with E-state index in [4.69, 9.17) is 0 Å². The quantitative estimate of drug-likeness (QED) is 0.463. The summed E-state index contributed by atoms with van der Waals surface area (Å²) in [6.45, 7) is 0. The Bertz CT molecular complexity index is 336. The fourth-order valence-corrected chi connectivity index (χ4v) is 2.25. The van der Waals surface area contributed by atoms with Crippen molar-refractivity contribution in [2.24, 2.45) is 23.7 Å². The molecule has 1 aliphatic rings. The zero-order chi connectivity index (χ0) is 14.0. The van der Waals surface area contributed by atoms with Crippen LogP contribution in [-0.4, -0.2) is 70.0 Å². The molecular weight excluding hydrogens is 297 g/mol. The summed E-state index contributed by atoms with van der Waals surface area (Å²) in [4.78, 5) is 42.9. The number of carboxylic acids is 4. The predicted molar refractivity (Wildman–Crippen MR) is 54.7 cm³/mol. The van der Waals surface area contributed by atoms with Crippen LogP contribution in [0.2, 0.25) is 0 Å². The third kappa shape index (κ3) is 4.75. The largest absolute Gasteiger partial charge is 2.00 e. The molecule has 4 unspecified atom stereocenters. The summed E-state index contributed by atoms with van der Waals surface area (Å²) in [6, 6.07) is 0. The van der Waals surface area contributed by atoms with Crippen LogP contribution in [0.4, 0.5) is 0 Å². The number of hydrogen-bond acceptors (Lipinski definition) is 8. The Morgan fingerprint density at radius 1 is 0.550 bits per heavy atom. The number of aliphatic carboxylic acids is 4. The Morgan fingerprint density at radius 3 is 0.800 bits per heavy atom. The molecule has 0 spiro atoms. The maximum atomic E-state index is 10.7. The van der Waals surface area contributed by atoms with Crippen LogP contribution in [0.15, 0.2) is 0 Å². The first-order valence-corrected chi connectivity index (χ1v) is 5.09. The van der Waals surface area contributed by atoms with Crippen LogP contribution >= 0.6 is 0 Å². The average molecular weight is 305 g/mol. The molecule has 1 rings (SSSR count). The van der Waals surface area contributed by atoms with Crippen LogP contribution in [0.1, 0.15) is 12.8 Å². The molecular formula is C10H8Mg2O8. The van der Waals surface area contributed by atoms with Gasteiger partial charge in [0.2, 0.25) is 0 Å². The maximum absolute atomic E-state index is 10.7. The smallest absolute Gasteiger partial charge is 0.550 e. The molecule has 8 nitrogen and oxygen atoms in total. The van der Waals surface area contributed by atoms with Gasteiger partial charge in [-0.3, -0.25) is 0 Å². The molecule has 0 heterocycles. The minimum Gasteiger partial charge on any atom is -0.550 e. The third-order valence-electron chi connectivity index (χ3n) is 3.20. The summed E-state index contributed by atoms with van der Waals surface area (Å²) in [5, 5.41) is 42.9. The van der Waals surface area contributed by atoms with Gasteiger partial charge in [0.05, 0.1) is 0 Å². The molecule has 0 radical (unpaired) electrons. The number of carbonyl (C=O) groups is 4. The SMILES string of the molecule is O=C([O-])C1CC(C(=O)[O-])C(C(=O)[O-])CC1C(=O)[O-].[Mg+2].[Mg+2]. The Balaban J connectivity index is 0. The number of carbonyl (C=O) groups excluding carboxylic acids is 4. The van der Waals surface area contributed by atoms with Crippen LogP contribution in [-0.2, 0) is 19.2 Å². The van der Waals surface area contributed by atoms with E-state index < -0.39 is 60.4 Å². The molecule has 1 aliphatic carbocycles. The van der Waals surface area contributed by atoms with Gasteiger partial charge in [0.15, 0.2) is 0 Å².